The van der Waals surface area contributed by atoms with E-state index in [2.05, 4.69) is 10.5 Å². The summed E-state index contributed by atoms with van der Waals surface area (Å²) in [5.41, 5.74) is 3.20. The lowest BCUT2D eigenvalue weighted by atomic mass is 10.3. The monoisotopic (exact) mass is 365 g/mol. The first-order valence-electron chi connectivity index (χ1n) is 6.75. The summed E-state index contributed by atoms with van der Waals surface area (Å²) in [4.78, 5) is 26.3. The van der Waals surface area contributed by atoms with Gasteiger partial charge >= 0.3 is 0 Å². The van der Waals surface area contributed by atoms with Crippen LogP contribution in [0.3, 0.4) is 0 Å². The molecular formula is C15H12ClN3O2S2. The number of thioether (sulfide) groups is 1. The summed E-state index contributed by atoms with van der Waals surface area (Å²) in [5.74, 6) is -0.414. The molecule has 1 saturated heterocycles. The molecule has 1 atom stereocenters. The van der Waals surface area contributed by atoms with Crippen LogP contribution in [0, 0.1) is 0 Å². The van der Waals surface area contributed by atoms with Crippen molar-refractivity contribution in [3.63, 3.8) is 0 Å². The number of halogens is 1. The number of hydrazone groups is 1. The van der Waals surface area contributed by atoms with E-state index in [1.165, 1.54) is 28.0 Å². The predicted octanol–water partition coefficient (Wildman–Crippen LogP) is 3.57. The van der Waals surface area contributed by atoms with Crippen molar-refractivity contribution in [3.8, 4) is 0 Å². The van der Waals surface area contributed by atoms with E-state index in [1.54, 1.807) is 12.1 Å². The summed E-state index contributed by atoms with van der Waals surface area (Å²) in [7, 11) is 0. The van der Waals surface area contributed by atoms with E-state index < -0.39 is 0 Å². The van der Waals surface area contributed by atoms with Crippen molar-refractivity contribution >= 4 is 57.4 Å². The summed E-state index contributed by atoms with van der Waals surface area (Å²) in [6.07, 6.45) is 0. The standard InChI is InChI=1S/C15H12ClN3O2S2/c1-9-14(21)19(10-5-3-2-4-6-10)15(22-9)18-17-13(20)11-7-8-12(16)23-11/h2-9H,1H3,(H,17,20)/b18-15+. The maximum absolute atomic E-state index is 12.3. The molecule has 3 rings (SSSR count). The van der Waals surface area contributed by atoms with Gasteiger partial charge in [-0.2, -0.15) is 0 Å². The van der Waals surface area contributed by atoms with Gasteiger partial charge in [-0.1, -0.05) is 41.6 Å². The van der Waals surface area contributed by atoms with Crippen LogP contribution in [-0.2, 0) is 4.79 Å². The number of hydrogen-bond acceptors (Lipinski definition) is 5. The lowest BCUT2D eigenvalue weighted by Gasteiger charge is -2.15. The van der Waals surface area contributed by atoms with E-state index in [4.69, 9.17) is 11.6 Å². The maximum Gasteiger partial charge on any atom is 0.281 e. The van der Waals surface area contributed by atoms with Crippen LogP contribution < -0.4 is 10.3 Å². The third kappa shape index (κ3) is 3.41. The third-order valence-corrected chi connectivity index (χ3v) is 5.38. The molecule has 1 aliphatic rings. The number of benzene rings is 1. The SMILES string of the molecule is CC1S/C(=N/NC(=O)c2ccc(Cl)s2)N(c2ccccc2)C1=O. The van der Waals surface area contributed by atoms with Crippen molar-refractivity contribution in [2.45, 2.75) is 12.2 Å². The number of nitrogens with one attached hydrogen (secondary N) is 1. The van der Waals surface area contributed by atoms with Gasteiger partial charge < -0.3 is 0 Å². The van der Waals surface area contributed by atoms with Crippen LogP contribution in [0.5, 0.6) is 0 Å². The second kappa shape index (κ2) is 6.74. The Balaban J connectivity index is 1.82. The van der Waals surface area contributed by atoms with Gasteiger partial charge in [0.15, 0.2) is 5.17 Å². The minimum absolute atomic E-state index is 0.0617. The zero-order chi connectivity index (χ0) is 16.4. The Hall–Kier alpha value is -1.83. The third-order valence-electron chi connectivity index (χ3n) is 3.11. The highest BCUT2D eigenvalue weighted by Crippen LogP contribution is 2.31. The Labute approximate surface area is 146 Å². The number of nitrogens with zero attached hydrogens (tertiary/aromatic N) is 2. The van der Waals surface area contributed by atoms with Crippen molar-refractivity contribution in [1.29, 1.82) is 0 Å². The quantitative estimate of drug-likeness (QED) is 0.846. The van der Waals surface area contributed by atoms with Gasteiger partial charge in [-0.3, -0.25) is 14.5 Å². The molecule has 5 nitrogen and oxygen atoms in total. The number of para-hydroxylation sites is 1. The van der Waals surface area contributed by atoms with Crippen molar-refractivity contribution in [2.75, 3.05) is 4.90 Å². The predicted molar refractivity (Wildman–Crippen MR) is 95.2 cm³/mol. The Morgan fingerprint density at radius 1 is 1.26 bits per heavy atom. The fourth-order valence-corrected chi connectivity index (χ4v) is 3.87. The van der Waals surface area contributed by atoms with E-state index in [-0.39, 0.29) is 17.1 Å². The number of amidine groups is 1. The Morgan fingerprint density at radius 2 is 2.00 bits per heavy atom. The van der Waals surface area contributed by atoms with Gasteiger partial charge in [0, 0.05) is 0 Å². The molecule has 1 aromatic carbocycles. The highest BCUT2D eigenvalue weighted by Gasteiger charge is 2.36. The molecule has 0 spiro atoms. The molecule has 2 amide bonds. The molecule has 2 aromatic rings. The molecule has 8 heteroatoms. The second-order valence-corrected chi connectivity index (χ2v) is 7.73. The van der Waals surface area contributed by atoms with Crippen molar-refractivity contribution < 1.29 is 9.59 Å². The smallest absolute Gasteiger partial charge is 0.273 e. The fourth-order valence-electron chi connectivity index (χ4n) is 2.02. The van der Waals surface area contributed by atoms with Gasteiger partial charge in [0.05, 0.1) is 20.2 Å². The van der Waals surface area contributed by atoms with E-state index in [9.17, 15) is 9.59 Å². The van der Waals surface area contributed by atoms with Crippen LogP contribution in [0.2, 0.25) is 4.34 Å². The molecule has 0 aliphatic carbocycles. The van der Waals surface area contributed by atoms with E-state index in [0.717, 1.165) is 5.69 Å². The average molecular weight is 366 g/mol. The zero-order valence-electron chi connectivity index (χ0n) is 12.0. The molecule has 1 N–H and O–H groups in total. The first-order valence-corrected chi connectivity index (χ1v) is 8.82. The minimum Gasteiger partial charge on any atom is -0.273 e. The Kier molecular flexibility index (Phi) is 4.70. The molecule has 1 aliphatic heterocycles. The molecule has 2 heterocycles. The molecule has 23 heavy (non-hydrogen) atoms. The van der Waals surface area contributed by atoms with Crippen LogP contribution in [0.15, 0.2) is 47.6 Å². The Morgan fingerprint density at radius 3 is 2.65 bits per heavy atom. The lowest BCUT2D eigenvalue weighted by molar-refractivity contribution is -0.116. The van der Waals surface area contributed by atoms with Gasteiger partial charge in [0.1, 0.15) is 0 Å². The van der Waals surface area contributed by atoms with Gasteiger partial charge in [0.2, 0.25) is 5.91 Å². The first kappa shape index (κ1) is 16.0. The number of anilines is 1. The normalized spacial score (nSPS) is 19.4. The second-order valence-electron chi connectivity index (χ2n) is 4.71. The van der Waals surface area contributed by atoms with Gasteiger partial charge in [0.25, 0.3) is 5.91 Å². The summed E-state index contributed by atoms with van der Waals surface area (Å²) in [5, 5.41) is 4.32. The fraction of sp³-hybridized carbons (Fsp3) is 0.133. The molecule has 1 aromatic heterocycles. The number of rotatable bonds is 3. The van der Waals surface area contributed by atoms with Crippen LogP contribution in [0.1, 0.15) is 16.6 Å². The summed E-state index contributed by atoms with van der Waals surface area (Å²) in [6.45, 7) is 1.81. The highest BCUT2D eigenvalue weighted by atomic mass is 35.5. The molecule has 0 bridgehead atoms. The van der Waals surface area contributed by atoms with E-state index in [0.29, 0.717) is 14.4 Å². The van der Waals surface area contributed by atoms with Gasteiger partial charge in [-0.05, 0) is 31.2 Å². The largest absolute Gasteiger partial charge is 0.281 e. The molecule has 118 valence electrons. The van der Waals surface area contributed by atoms with E-state index >= 15 is 0 Å². The molecule has 1 fully saturated rings. The van der Waals surface area contributed by atoms with Crippen molar-refractivity contribution in [3.05, 3.63) is 51.7 Å². The number of thiophene rings is 1. The van der Waals surface area contributed by atoms with Crippen LogP contribution in [0.25, 0.3) is 0 Å². The zero-order valence-corrected chi connectivity index (χ0v) is 14.4. The number of carbonyl (C=O) groups excluding carboxylic acids is 2. The lowest BCUT2D eigenvalue weighted by Crippen LogP contribution is -2.32. The van der Waals surface area contributed by atoms with Crippen LogP contribution in [0.4, 0.5) is 5.69 Å². The molecular weight excluding hydrogens is 354 g/mol. The molecule has 0 radical (unpaired) electrons. The number of carbonyl (C=O) groups is 2. The van der Waals surface area contributed by atoms with Crippen LogP contribution in [-0.4, -0.2) is 22.2 Å². The average Bonchev–Trinajstić information content (AvgIpc) is 3.10. The number of hydrogen-bond donors (Lipinski definition) is 1. The topological polar surface area (TPSA) is 61.8 Å². The Bertz CT molecular complexity index is 776. The van der Waals surface area contributed by atoms with Gasteiger partial charge in [-0.25, -0.2) is 5.43 Å². The van der Waals surface area contributed by atoms with Crippen molar-refractivity contribution in [2.24, 2.45) is 5.10 Å². The number of amides is 2. The molecule has 1 unspecified atom stereocenters. The van der Waals surface area contributed by atoms with Crippen molar-refractivity contribution in [1.82, 2.24) is 5.43 Å². The maximum atomic E-state index is 12.3. The minimum atomic E-state index is -0.352. The van der Waals surface area contributed by atoms with E-state index in [1.807, 2.05) is 37.3 Å². The van der Waals surface area contributed by atoms with Gasteiger partial charge in [-0.15, -0.1) is 16.4 Å². The summed E-state index contributed by atoms with van der Waals surface area (Å²) in [6, 6.07) is 12.5. The first-order chi connectivity index (χ1) is 11.1. The molecule has 0 saturated carbocycles. The van der Waals surface area contributed by atoms with Crippen LogP contribution >= 0.6 is 34.7 Å². The summed E-state index contributed by atoms with van der Waals surface area (Å²) >= 11 is 8.30. The summed E-state index contributed by atoms with van der Waals surface area (Å²) < 4.78 is 0.535. The highest BCUT2D eigenvalue weighted by molar-refractivity contribution is 8.16.